The zero-order valence-electron chi connectivity index (χ0n) is 11.0. The fraction of sp³-hybridized carbons (Fsp3) is 0.500. The molecule has 1 aromatic rings. The average molecular weight is 324 g/mol. The summed E-state index contributed by atoms with van der Waals surface area (Å²) in [4.78, 5) is 16.4. The third kappa shape index (κ3) is 2.37. The summed E-state index contributed by atoms with van der Waals surface area (Å²) in [6.07, 6.45) is 2.07. The van der Waals surface area contributed by atoms with E-state index in [2.05, 4.69) is 33.4 Å². The fourth-order valence-electron chi connectivity index (χ4n) is 2.97. The van der Waals surface area contributed by atoms with Crippen molar-refractivity contribution in [3.05, 3.63) is 22.7 Å². The molecule has 1 amide bonds. The number of nitrogens with zero attached hydrogens (tertiary/aromatic N) is 2. The van der Waals surface area contributed by atoms with Crippen LogP contribution in [0.2, 0.25) is 0 Å². The van der Waals surface area contributed by atoms with Gasteiger partial charge in [-0.3, -0.25) is 4.79 Å². The molecule has 1 saturated heterocycles. The molecule has 1 aromatic carbocycles. The number of nitrogens with one attached hydrogen (secondary N) is 1. The van der Waals surface area contributed by atoms with E-state index in [1.54, 1.807) is 0 Å². The lowest BCUT2D eigenvalue weighted by Gasteiger charge is -2.41. The largest absolute Gasteiger partial charge is 0.364 e. The Morgan fingerprint density at radius 1 is 1.26 bits per heavy atom. The Kier molecular flexibility index (Phi) is 3.50. The van der Waals surface area contributed by atoms with E-state index in [4.69, 9.17) is 0 Å². The van der Waals surface area contributed by atoms with Gasteiger partial charge in [0.2, 0.25) is 5.91 Å². The molecule has 2 aliphatic rings. The number of likely N-dealkylation sites (N-methyl/N-ethyl adjacent to an activating group) is 1. The summed E-state index contributed by atoms with van der Waals surface area (Å²) in [6, 6.07) is 6.49. The van der Waals surface area contributed by atoms with Crippen LogP contribution in [-0.2, 0) is 4.79 Å². The number of carbonyl (C=O) groups is 1. The van der Waals surface area contributed by atoms with Crippen LogP contribution >= 0.6 is 15.9 Å². The molecule has 0 saturated carbocycles. The molecular formula is C14H18BrN3O. The Labute approximate surface area is 121 Å². The monoisotopic (exact) mass is 323 g/mol. The van der Waals surface area contributed by atoms with Gasteiger partial charge >= 0.3 is 0 Å². The van der Waals surface area contributed by atoms with Crippen molar-refractivity contribution >= 4 is 33.2 Å². The molecule has 0 atom stereocenters. The Morgan fingerprint density at radius 3 is 2.74 bits per heavy atom. The van der Waals surface area contributed by atoms with Gasteiger partial charge in [-0.1, -0.05) is 15.9 Å². The molecule has 2 aliphatic heterocycles. The maximum absolute atomic E-state index is 12.4. The highest BCUT2D eigenvalue weighted by molar-refractivity contribution is 9.10. The zero-order valence-corrected chi connectivity index (χ0v) is 12.6. The molecule has 0 aromatic heterocycles. The first-order chi connectivity index (χ1) is 9.16. The Morgan fingerprint density at radius 2 is 2.00 bits per heavy atom. The average Bonchev–Trinajstić information content (AvgIpc) is 2.41. The van der Waals surface area contributed by atoms with Gasteiger partial charge in [0.1, 0.15) is 0 Å². The molecule has 2 heterocycles. The quantitative estimate of drug-likeness (QED) is 0.858. The second-order valence-corrected chi connectivity index (χ2v) is 6.15. The molecule has 0 spiro atoms. The topological polar surface area (TPSA) is 35.6 Å². The van der Waals surface area contributed by atoms with Crippen LogP contribution in [0.25, 0.3) is 0 Å². The summed E-state index contributed by atoms with van der Waals surface area (Å²) in [5.41, 5.74) is 2.18. The van der Waals surface area contributed by atoms with Gasteiger partial charge in [0.25, 0.3) is 0 Å². The molecule has 5 heteroatoms. The van der Waals surface area contributed by atoms with Gasteiger partial charge in [-0.25, -0.2) is 0 Å². The number of anilines is 2. The molecule has 0 radical (unpaired) electrons. The van der Waals surface area contributed by atoms with E-state index in [0.717, 1.165) is 41.8 Å². The van der Waals surface area contributed by atoms with E-state index < -0.39 is 0 Å². The minimum atomic E-state index is 0.212. The molecule has 3 rings (SSSR count). The van der Waals surface area contributed by atoms with E-state index in [0.29, 0.717) is 12.6 Å². The number of benzene rings is 1. The number of hydrogen-bond donors (Lipinski definition) is 1. The third-order valence-corrected chi connectivity index (χ3v) is 4.42. The van der Waals surface area contributed by atoms with Gasteiger partial charge in [0, 0.05) is 17.6 Å². The van der Waals surface area contributed by atoms with E-state index in [-0.39, 0.29) is 5.91 Å². The lowest BCUT2D eigenvalue weighted by atomic mass is 10.0. The van der Waals surface area contributed by atoms with Gasteiger partial charge in [-0.05, 0) is 44.1 Å². The SMILES string of the molecule is CN1CC(=O)N(C2CCNCC2)c2ccc(Br)cc21. The van der Waals surface area contributed by atoms with Crippen LogP contribution in [-0.4, -0.2) is 38.6 Å². The normalized spacial score (nSPS) is 20.6. The van der Waals surface area contributed by atoms with Gasteiger partial charge in [-0.15, -0.1) is 0 Å². The minimum Gasteiger partial charge on any atom is -0.364 e. The number of rotatable bonds is 1. The first-order valence-electron chi connectivity index (χ1n) is 6.70. The highest BCUT2D eigenvalue weighted by Crippen LogP contribution is 2.37. The zero-order chi connectivity index (χ0) is 13.4. The van der Waals surface area contributed by atoms with Crippen molar-refractivity contribution in [1.82, 2.24) is 5.32 Å². The van der Waals surface area contributed by atoms with Gasteiger partial charge in [0.15, 0.2) is 0 Å². The van der Waals surface area contributed by atoms with Crippen molar-refractivity contribution in [1.29, 1.82) is 0 Å². The van der Waals surface area contributed by atoms with Crippen LogP contribution in [0.5, 0.6) is 0 Å². The minimum absolute atomic E-state index is 0.212. The number of amides is 1. The molecule has 1 N–H and O–H groups in total. The number of carbonyl (C=O) groups excluding carboxylic acids is 1. The van der Waals surface area contributed by atoms with Crippen LogP contribution in [0.3, 0.4) is 0 Å². The molecule has 19 heavy (non-hydrogen) atoms. The van der Waals surface area contributed by atoms with Crippen molar-refractivity contribution in [2.45, 2.75) is 18.9 Å². The third-order valence-electron chi connectivity index (χ3n) is 3.92. The first kappa shape index (κ1) is 12.9. The summed E-state index contributed by atoms with van der Waals surface area (Å²) in [7, 11) is 1.98. The lowest BCUT2D eigenvalue weighted by Crippen LogP contribution is -2.52. The summed E-state index contributed by atoms with van der Waals surface area (Å²) in [5, 5.41) is 3.35. The van der Waals surface area contributed by atoms with Crippen LogP contribution in [0.15, 0.2) is 22.7 Å². The number of piperidine rings is 1. The summed E-state index contributed by atoms with van der Waals surface area (Å²) >= 11 is 3.51. The van der Waals surface area contributed by atoms with E-state index in [9.17, 15) is 4.79 Å². The smallest absolute Gasteiger partial charge is 0.246 e. The molecular weight excluding hydrogens is 306 g/mol. The lowest BCUT2D eigenvalue weighted by molar-refractivity contribution is -0.118. The van der Waals surface area contributed by atoms with E-state index >= 15 is 0 Å². The molecule has 0 bridgehead atoms. The van der Waals surface area contributed by atoms with Crippen LogP contribution in [0, 0.1) is 0 Å². The molecule has 1 fully saturated rings. The molecule has 102 valence electrons. The number of halogens is 1. The second kappa shape index (κ2) is 5.13. The van der Waals surface area contributed by atoms with Crippen molar-refractivity contribution < 1.29 is 4.79 Å². The van der Waals surface area contributed by atoms with Crippen LogP contribution in [0.1, 0.15) is 12.8 Å². The van der Waals surface area contributed by atoms with Crippen molar-refractivity contribution in [2.75, 3.05) is 36.5 Å². The summed E-state index contributed by atoms with van der Waals surface area (Å²) in [5.74, 6) is 0.212. The summed E-state index contributed by atoms with van der Waals surface area (Å²) < 4.78 is 1.05. The van der Waals surface area contributed by atoms with E-state index in [1.165, 1.54) is 0 Å². The molecule has 0 aliphatic carbocycles. The Bertz CT molecular complexity index is 499. The molecule has 0 unspecified atom stereocenters. The van der Waals surface area contributed by atoms with Gasteiger partial charge in [-0.2, -0.15) is 0 Å². The van der Waals surface area contributed by atoms with Gasteiger partial charge in [0.05, 0.1) is 17.9 Å². The summed E-state index contributed by atoms with van der Waals surface area (Å²) in [6.45, 7) is 2.46. The maximum Gasteiger partial charge on any atom is 0.246 e. The second-order valence-electron chi connectivity index (χ2n) is 5.23. The van der Waals surface area contributed by atoms with Crippen LogP contribution in [0.4, 0.5) is 11.4 Å². The predicted molar refractivity (Wildman–Crippen MR) is 80.8 cm³/mol. The van der Waals surface area contributed by atoms with E-state index in [1.807, 2.05) is 22.9 Å². The van der Waals surface area contributed by atoms with Crippen molar-refractivity contribution in [2.24, 2.45) is 0 Å². The highest BCUT2D eigenvalue weighted by Gasteiger charge is 2.33. The number of fused-ring (bicyclic) bond motifs is 1. The predicted octanol–water partition coefficient (Wildman–Crippen LogP) is 1.98. The van der Waals surface area contributed by atoms with Crippen LogP contribution < -0.4 is 15.1 Å². The molecule has 4 nitrogen and oxygen atoms in total. The maximum atomic E-state index is 12.4. The Balaban J connectivity index is 2.00. The fourth-order valence-corrected chi connectivity index (χ4v) is 3.32. The first-order valence-corrected chi connectivity index (χ1v) is 7.49. The highest BCUT2D eigenvalue weighted by atomic mass is 79.9. The van der Waals surface area contributed by atoms with Crippen molar-refractivity contribution in [3.8, 4) is 0 Å². The standard InChI is InChI=1S/C14H18BrN3O/c1-17-9-14(19)18(11-4-6-16-7-5-11)12-3-2-10(15)8-13(12)17/h2-3,8,11,16H,4-7,9H2,1H3. The van der Waals surface area contributed by atoms with Gasteiger partial charge < -0.3 is 15.1 Å². The number of hydrogen-bond acceptors (Lipinski definition) is 3. The van der Waals surface area contributed by atoms with Crippen molar-refractivity contribution in [3.63, 3.8) is 0 Å². The Hall–Kier alpha value is -1.07.